The molecule has 7 nitrogen and oxygen atoms in total. The van der Waals surface area contributed by atoms with Crippen LogP contribution in [0.25, 0.3) is 10.9 Å². The maximum absolute atomic E-state index is 11.9. The maximum atomic E-state index is 11.9. The average Bonchev–Trinajstić information content (AvgIpc) is 2.66. The molecule has 25 heavy (non-hydrogen) atoms. The van der Waals surface area contributed by atoms with Gasteiger partial charge in [0.25, 0.3) is 5.91 Å². The molecule has 0 radical (unpaired) electrons. The highest BCUT2D eigenvalue weighted by molar-refractivity contribution is 6.35. The quantitative estimate of drug-likeness (QED) is 0.902. The third-order valence-corrected chi connectivity index (χ3v) is 4.46. The Morgan fingerprint density at radius 2 is 1.96 bits per heavy atom. The van der Waals surface area contributed by atoms with Crippen molar-refractivity contribution in [2.24, 2.45) is 0 Å². The van der Waals surface area contributed by atoms with Crippen molar-refractivity contribution in [3.63, 3.8) is 0 Å². The second-order valence-corrected chi connectivity index (χ2v) is 6.09. The zero-order valence-corrected chi connectivity index (χ0v) is 14.6. The molecule has 0 spiro atoms. The molecule has 0 aliphatic carbocycles. The van der Waals surface area contributed by atoms with Crippen LogP contribution < -0.4 is 10.2 Å². The number of fused-ring (bicyclic) bond motifs is 1. The Hall–Kier alpha value is -2.54. The molecule has 1 aliphatic heterocycles. The SMILES string of the molecule is CNC(=O)COC(=O)N1CCN(c2ccc3c(Cl)cccc3n2)CC1. The van der Waals surface area contributed by atoms with Crippen molar-refractivity contribution < 1.29 is 14.3 Å². The summed E-state index contributed by atoms with van der Waals surface area (Å²) >= 11 is 6.17. The van der Waals surface area contributed by atoms with Gasteiger partial charge in [-0.2, -0.15) is 0 Å². The number of nitrogens with zero attached hydrogens (tertiary/aromatic N) is 3. The summed E-state index contributed by atoms with van der Waals surface area (Å²) in [5.41, 5.74) is 0.845. The van der Waals surface area contributed by atoms with Crippen LogP contribution in [0.2, 0.25) is 5.02 Å². The minimum absolute atomic E-state index is 0.261. The van der Waals surface area contributed by atoms with Crippen molar-refractivity contribution in [2.45, 2.75) is 0 Å². The minimum Gasteiger partial charge on any atom is -0.439 e. The van der Waals surface area contributed by atoms with Crippen molar-refractivity contribution in [2.75, 3.05) is 44.7 Å². The smallest absolute Gasteiger partial charge is 0.410 e. The fraction of sp³-hybridized carbons (Fsp3) is 0.353. The molecule has 0 saturated carbocycles. The van der Waals surface area contributed by atoms with Gasteiger partial charge < -0.3 is 19.9 Å². The summed E-state index contributed by atoms with van der Waals surface area (Å²) in [7, 11) is 1.50. The van der Waals surface area contributed by atoms with Crippen LogP contribution in [0.3, 0.4) is 0 Å². The number of carbonyl (C=O) groups is 2. The topological polar surface area (TPSA) is 74.8 Å². The second-order valence-electron chi connectivity index (χ2n) is 5.68. The third kappa shape index (κ3) is 3.93. The van der Waals surface area contributed by atoms with Crippen LogP contribution in [0.5, 0.6) is 0 Å². The number of aromatic nitrogens is 1. The van der Waals surface area contributed by atoms with E-state index in [4.69, 9.17) is 16.3 Å². The average molecular weight is 363 g/mol. The van der Waals surface area contributed by atoms with E-state index >= 15 is 0 Å². The molecule has 1 aliphatic rings. The molecule has 1 aromatic carbocycles. The van der Waals surface area contributed by atoms with Crippen molar-refractivity contribution in [1.29, 1.82) is 0 Å². The van der Waals surface area contributed by atoms with Gasteiger partial charge in [-0.3, -0.25) is 4.79 Å². The summed E-state index contributed by atoms with van der Waals surface area (Å²) in [5.74, 6) is 0.527. The number of ether oxygens (including phenoxy) is 1. The van der Waals surface area contributed by atoms with E-state index in [0.29, 0.717) is 31.2 Å². The number of carbonyl (C=O) groups excluding carboxylic acids is 2. The van der Waals surface area contributed by atoms with Gasteiger partial charge in [-0.25, -0.2) is 9.78 Å². The van der Waals surface area contributed by atoms with E-state index in [9.17, 15) is 9.59 Å². The Balaban J connectivity index is 1.60. The lowest BCUT2D eigenvalue weighted by atomic mass is 10.2. The van der Waals surface area contributed by atoms with Crippen molar-refractivity contribution in [1.82, 2.24) is 15.2 Å². The van der Waals surface area contributed by atoms with Gasteiger partial charge in [0.2, 0.25) is 0 Å². The van der Waals surface area contributed by atoms with Gasteiger partial charge in [0, 0.05) is 43.6 Å². The number of rotatable bonds is 3. The van der Waals surface area contributed by atoms with Crippen LogP contribution in [-0.4, -0.2) is 61.7 Å². The molecule has 1 aromatic heterocycles. The number of amides is 2. The minimum atomic E-state index is -0.471. The van der Waals surface area contributed by atoms with Gasteiger partial charge in [-0.05, 0) is 24.3 Å². The molecule has 0 atom stereocenters. The van der Waals surface area contributed by atoms with Crippen LogP contribution in [0.15, 0.2) is 30.3 Å². The molecule has 8 heteroatoms. The zero-order valence-electron chi connectivity index (χ0n) is 13.9. The van der Waals surface area contributed by atoms with Gasteiger partial charge >= 0.3 is 6.09 Å². The van der Waals surface area contributed by atoms with Crippen molar-refractivity contribution in [3.8, 4) is 0 Å². The second kappa shape index (κ2) is 7.57. The molecule has 0 unspecified atom stereocenters. The number of hydrogen-bond donors (Lipinski definition) is 1. The molecule has 132 valence electrons. The van der Waals surface area contributed by atoms with Crippen LogP contribution >= 0.6 is 11.6 Å². The Morgan fingerprint density at radius 1 is 1.20 bits per heavy atom. The van der Waals surface area contributed by atoms with Gasteiger partial charge in [-0.15, -0.1) is 0 Å². The van der Waals surface area contributed by atoms with E-state index < -0.39 is 6.09 Å². The summed E-state index contributed by atoms with van der Waals surface area (Å²) in [5, 5.41) is 4.01. The normalized spacial score (nSPS) is 14.5. The third-order valence-electron chi connectivity index (χ3n) is 4.13. The molecule has 2 heterocycles. The van der Waals surface area contributed by atoms with Gasteiger partial charge in [-0.1, -0.05) is 17.7 Å². The molecule has 1 N–H and O–H groups in total. The van der Waals surface area contributed by atoms with E-state index in [1.165, 1.54) is 7.05 Å². The lowest BCUT2D eigenvalue weighted by Gasteiger charge is -2.34. The Bertz CT molecular complexity index is 791. The first kappa shape index (κ1) is 17.3. The molecule has 1 saturated heterocycles. The van der Waals surface area contributed by atoms with Crippen molar-refractivity contribution >= 4 is 40.3 Å². The van der Waals surface area contributed by atoms with E-state index in [-0.39, 0.29) is 12.5 Å². The zero-order chi connectivity index (χ0) is 17.8. The van der Waals surface area contributed by atoms with Crippen LogP contribution in [-0.2, 0) is 9.53 Å². The van der Waals surface area contributed by atoms with E-state index in [1.54, 1.807) is 4.90 Å². The summed E-state index contributed by atoms with van der Waals surface area (Å²) in [6.07, 6.45) is -0.471. The molecular weight excluding hydrogens is 344 g/mol. The standard InChI is InChI=1S/C17H19ClN4O3/c1-19-16(23)11-25-17(24)22-9-7-21(8-10-22)15-6-5-12-13(18)3-2-4-14(12)20-15/h2-6H,7-11H2,1H3,(H,19,23). The first-order chi connectivity index (χ1) is 12.1. The number of nitrogens with one attached hydrogen (secondary N) is 1. The van der Waals surface area contributed by atoms with Gasteiger partial charge in [0.1, 0.15) is 5.82 Å². The van der Waals surface area contributed by atoms with Crippen LogP contribution in [0, 0.1) is 0 Å². The number of hydrogen-bond acceptors (Lipinski definition) is 5. The maximum Gasteiger partial charge on any atom is 0.410 e. The number of pyridine rings is 1. The van der Waals surface area contributed by atoms with Crippen molar-refractivity contribution in [3.05, 3.63) is 35.4 Å². The number of halogens is 1. The first-order valence-electron chi connectivity index (χ1n) is 8.01. The van der Waals surface area contributed by atoms with E-state index in [2.05, 4.69) is 15.2 Å². The summed E-state index contributed by atoms with van der Waals surface area (Å²) in [6, 6.07) is 9.55. The fourth-order valence-corrected chi connectivity index (χ4v) is 2.92. The predicted molar refractivity (Wildman–Crippen MR) is 96.0 cm³/mol. The summed E-state index contributed by atoms with van der Waals surface area (Å²) in [6.45, 7) is 2.06. The Morgan fingerprint density at radius 3 is 2.68 bits per heavy atom. The number of piperazine rings is 1. The van der Waals surface area contributed by atoms with Gasteiger partial charge in [0.15, 0.2) is 6.61 Å². The number of likely N-dealkylation sites (N-methyl/N-ethyl adjacent to an activating group) is 1. The lowest BCUT2D eigenvalue weighted by molar-refractivity contribution is -0.123. The molecule has 1 fully saturated rings. The molecule has 0 bridgehead atoms. The highest BCUT2D eigenvalue weighted by Crippen LogP contribution is 2.25. The predicted octanol–water partition coefficient (Wildman–Crippen LogP) is 1.89. The van der Waals surface area contributed by atoms with Crippen LogP contribution in [0.4, 0.5) is 10.6 Å². The molecule has 2 aromatic rings. The first-order valence-corrected chi connectivity index (χ1v) is 8.39. The largest absolute Gasteiger partial charge is 0.439 e. The lowest BCUT2D eigenvalue weighted by Crippen LogP contribution is -2.49. The Kier molecular flexibility index (Phi) is 5.23. The highest BCUT2D eigenvalue weighted by atomic mass is 35.5. The number of anilines is 1. The monoisotopic (exact) mass is 362 g/mol. The molecular formula is C17H19ClN4O3. The summed E-state index contributed by atoms with van der Waals surface area (Å²) in [4.78, 5) is 31.4. The van der Waals surface area contributed by atoms with Crippen LogP contribution in [0.1, 0.15) is 0 Å². The highest BCUT2D eigenvalue weighted by Gasteiger charge is 2.23. The summed E-state index contributed by atoms with van der Waals surface area (Å²) < 4.78 is 4.97. The number of benzene rings is 1. The fourth-order valence-electron chi connectivity index (χ4n) is 2.69. The van der Waals surface area contributed by atoms with E-state index in [1.807, 2.05) is 30.3 Å². The van der Waals surface area contributed by atoms with Gasteiger partial charge in [0.05, 0.1) is 5.52 Å². The molecule has 3 rings (SSSR count). The van der Waals surface area contributed by atoms with E-state index in [0.717, 1.165) is 16.7 Å². The Labute approximate surface area is 150 Å². The molecule has 2 amide bonds.